The smallest absolute Gasteiger partial charge is 0.340 e. The lowest BCUT2D eigenvalue weighted by atomic mass is 9.86. The Kier molecular flexibility index (Phi) is 18.0. The highest BCUT2D eigenvalue weighted by atomic mass is 79.9. The van der Waals surface area contributed by atoms with Gasteiger partial charge in [-0.15, -0.1) is 0 Å². The Morgan fingerprint density at radius 2 is 1.50 bits per heavy atom. The molecule has 2 N–H and O–H groups in total. The molecule has 0 bridgehead atoms. The lowest BCUT2D eigenvalue weighted by Gasteiger charge is -2.27. The summed E-state index contributed by atoms with van der Waals surface area (Å²) in [5, 5.41) is -2.30. The summed E-state index contributed by atoms with van der Waals surface area (Å²) in [5.74, 6) is -1.03. The Labute approximate surface area is 297 Å². The third kappa shape index (κ3) is 15.4. The van der Waals surface area contributed by atoms with E-state index in [9.17, 15) is 23.7 Å². The van der Waals surface area contributed by atoms with Crippen molar-refractivity contribution >= 4 is 99.6 Å². The maximum atomic E-state index is 12.2. The fourth-order valence-corrected chi connectivity index (χ4v) is 4.24. The van der Waals surface area contributed by atoms with Gasteiger partial charge in [0.1, 0.15) is 16.9 Å². The van der Waals surface area contributed by atoms with Gasteiger partial charge in [-0.2, -0.15) is 0 Å². The fraction of sp³-hybridized carbons (Fsp3) is 0.310. The second kappa shape index (κ2) is 20.0. The fourth-order valence-electron chi connectivity index (χ4n) is 3.48. The predicted molar refractivity (Wildman–Crippen MR) is 186 cm³/mol. The second-order valence-electron chi connectivity index (χ2n) is 9.09. The van der Waals surface area contributed by atoms with Gasteiger partial charge in [0.05, 0.1) is 19.6 Å². The van der Waals surface area contributed by atoms with Gasteiger partial charge >= 0.3 is 22.8 Å². The minimum Gasteiger partial charge on any atom is -0.466 e. The molecule has 1 aliphatic heterocycles. The summed E-state index contributed by atoms with van der Waals surface area (Å²) in [4.78, 5) is 46.6. The molecular formula is C29H32Br2Cl3N2O9P. The number of ether oxygens (including phenoxy) is 3. The number of halogens is 5. The van der Waals surface area contributed by atoms with Crippen LogP contribution in [0.3, 0.4) is 0 Å². The Bertz CT molecular complexity index is 1650. The van der Waals surface area contributed by atoms with Crippen LogP contribution in [-0.4, -0.2) is 50.1 Å². The summed E-state index contributed by atoms with van der Waals surface area (Å²) >= 11 is 20.6. The highest BCUT2D eigenvalue weighted by molar-refractivity contribution is 9.10. The number of benzene rings is 2. The number of carbonyl (C=O) groups excluding carboxylic acids is 3. The molecular weight excluding hydrogens is 817 g/mol. The zero-order valence-corrected chi connectivity index (χ0v) is 31.7. The summed E-state index contributed by atoms with van der Waals surface area (Å²) in [7, 11) is 3.45. The average Bonchev–Trinajstić information content (AvgIpc) is 2.93. The van der Waals surface area contributed by atoms with E-state index in [2.05, 4.69) is 65.6 Å². The summed E-state index contributed by atoms with van der Waals surface area (Å²) < 4.78 is 31.8. The first-order chi connectivity index (χ1) is 21.4. The van der Waals surface area contributed by atoms with Crippen LogP contribution in [0.1, 0.15) is 38.7 Å². The van der Waals surface area contributed by atoms with Crippen molar-refractivity contribution in [2.45, 2.75) is 33.1 Å². The summed E-state index contributed by atoms with van der Waals surface area (Å²) in [6.07, 6.45) is -0.0184. The lowest BCUT2D eigenvalue weighted by Crippen LogP contribution is -2.28. The van der Waals surface area contributed by atoms with Crippen LogP contribution in [0.2, 0.25) is 0 Å². The molecule has 1 atom stereocenters. The third-order valence-electron chi connectivity index (χ3n) is 5.56. The number of hydrogen-bond donors (Lipinski definition) is 1. The monoisotopic (exact) mass is 846 g/mol. The number of hydrogen-bond acceptors (Lipinski definition) is 10. The molecule has 0 fully saturated rings. The molecule has 0 radical (unpaired) electrons. The summed E-state index contributed by atoms with van der Waals surface area (Å²) in [6.45, 7) is 5.42. The number of fused-ring (bicyclic) bond motifs is 2. The average molecular weight is 850 g/mol. The van der Waals surface area contributed by atoms with Crippen molar-refractivity contribution in [1.29, 1.82) is 0 Å². The van der Waals surface area contributed by atoms with Gasteiger partial charge < -0.3 is 29.3 Å². The molecule has 0 aliphatic carbocycles. The number of nitrogens with two attached hydrogens (primary N) is 1. The summed E-state index contributed by atoms with van der Waals surface area (Å²) in [6, 6.07) is 14.0. The standard InChI is InChI=1S/C16H18BrNO5.C9H5BrO2.C4H9NO.Cl3OP/c1-3-21-13(19)8-11-10-7-9(17)5-6-12(10)23-15(18)14(11)16(20)22-4-2;10-7-2-3-8-6(5-7)1-4-9(11)12-8;1-4(6)5(2)3;1-5(2,3)4/h5-7,11H,3-4,8,18H2,1-2H3;1-5H;1-3H3;. The Morgan fingerprint density at radius 1 is 0.957 bits per heavy atom. The first kappa shape index (κ1) is 41.5. The molecule has 1 amide bonds. The van der Waals surface area contributed by atoms with Gasteiger partial charge in [0, 0.05) is 52.9 Å². The summed E-state index contributed by atoms with van der Waals surface area (Å²) in [5.41, 5.74) is 7.03. The molecule has 17 heteroatoms. The van der Waals surface area contributed by atoms with E-state index in [-0.39, 0.29) is 42.6 Å². The maximum absolute atomic E-state index is 12.2. The molecule has 46 heavy (non-hydrogen) atoms. The minimum atomic E-state index is -3.22. The van der Waals surface area contributed by atoms with Crippen molar-refractivity contribution in [2.24, 2.45) is 5.73 Å². The highest BCUT2D eigenvalue weighted by Crippen LogP contribution is 2.61. The maximum Gasteiger partial charge on any atom is 0.340 e. The number of esters is 2. The van der Waals surface area contributed by atoms with E-state index in [1.807, 2.05) is 12.1 Å². The van der Waals surface area contributed by atoms with Gasteiger partial charge in [-0.1, -0.05) is 31.9 Å². The van der Waals surface area contributed by atoms with Crippen LogP contribution in [0, 0.1) is 0 Å². The van der Waals surface area contributed by atoms with E-state index in [1.165, 1.54) is 17.9 Å². The molecule has 11 nitrogen and oxygen atoms in total. The van der Waals surface area contributed by atoms with Gasteiger partial charge in [0.15, 0.2) is 0 Å². The van der Waals surface area contributed by atoms with Crippen molar-refractivity contribution in [3.63, 3.8) is 0 Å². The van der Waals surface area contributed by atoms with E-state index in [1.54, 1.807) is 58.3 Å². The Balaban J connectivity index is 0.000000379. The van der Waals surface area contributed by atoms with Crippen LogP contribution in [0.5, 0.6) is 5.75 Å². The van der Waals surface area contributed by atoms with Crippen molar-refractivity contribution in [2.75, 3.05) is 27.3 Å². The van der Waals surface area contributed by atoms with Crippen LogP contribution in [0.15, 0.2) is 78.1 Å². The van der Waals surface area contributed by atoms with Gasteiger partial charge in [0.25, 0.3) is 0 Å². The largest absolute Gasteiger partial charge is 0.466 e. The first-order valence-electron chi connectivity index (χ1n) is 13.2. The number of amides is 1. The van der Waals surface area contributed by atoms with Crippen molar-refractivity contribution in [3.8, 4) is 5.75 Å². The van der Waals surface area contributed by atoms with Crippen molar-refractivity contribution in [1.82, 2.24) is 4.90 Å². The predicted octanol–water partition coefficient (Wildman–Crippen LogP) is 8.07. The number of rotatable bonds is 5. The van der Waals surface area contributed by atoms with Crippen LogP contribution < -0.4 is 16.1 Å². The molecule has 252 valence electrons. The topological polar surface area (TPSA) is 155 Å². The number of nitrogens with zero attached hydrogens (tertiary/aromatic N) is 1. The highest BCUT2D eigenvalue weighted by Gasteiger charge is 2.36. The molecule has 0 saturated heterocycles. The zero-order chi connectivity index (χ0) is 35.2. The van der Waals surface area contributed by atoms with Gasteiger partial charge in [-0.05, 0) is 90.0 Å². The quantitative estimate of drug-likeness (QED) is 0.151. The molecule has 4 rings (SSSR count). The van der Waals surface area contributed by atoms with Gasteiger partial charge in [-0.3, -0.25) is 14.2 Å². The van der Waals surface area contributed by atoms with Crippen molar-refractivity contribution < 1.29 is 37.6 Å². The van der Waals surface area contributed by atoms with Crippen molar-refractivity contribution in [3.05, 3.63) is 84.9 Å². The normalized spacial score (nSPS) is 13.2. The van der Waals surface area contributed by atoms with E-state index in [4.69, 9.17) is 24.4 Å². The van der Waals surface area contributed by atoms with E-state index in [0.29, 0.717) is 16.9 Å². The zero-order valence-electron chi connectivity index (χ0n) is 25.4. The molecule has 1 unspecified atom stereocenters. The molecule has 1 aromatic heterocycles. The Morgan fingerprint density at radius 3 is 2.04 bits per heavy atom. The minimum absolute atomic E-state index is 0.0184. The molecule has 0 saturated carbocycles. The van der Waals surface area contributed by atoms with Crippen LogP contribution in [-0.2, 0) is 28.4 Å². The molecule has 0 spiro atoms. The molecule has 1 aliphatic rings. The van der Waals surface area contributed by atoms with Crippen LogP contribution in [0.25, 0.3) is 11.0 Å². The van der Waals surface area contributed by atoms with Gasteiger partial charge in [0.2, 0.25) is 11.8 Å². The SMILES string of the molecule is CC(=O)N(C)C.CCOC(=O)CC1C(C(=O)OCC)=C(N)Oc2ccc(Br)cc21.O=P(Cl)(Cl)Cl.O=c1ccc2cc(Br)ccc2o1. The van der Waals surface area contributed by atoms with E-state index in [0.717, 1.165) is 14.3 Å². The van der Waals surface area contributed by atoms with Crippen LogP contribution >= 0.6 is 70.8 Å². The van der Waals surface area contributed by atoms with E-state index < -0.39 is 23.1 Å². The molecule has 3 aromatic rings. The number of carbonyl (C=O) groups is 3. The first-order valence-corrected chi connectivity index (χ1v) is 19.2. The molecule has 2 heterocycles. The second-order valence-corrected chi connectivity index (χ2v) is 17.6. The van der Waals surface area contributed by atoms with Gasteiger partial charge in [-0.25, -0.2) is 9.59 Å². The third-order valence-corrected chi connectivity index (χ3v) is 6.55. The lowest BCUT2D eigenvalue weighted by molar-refractivity contribution is -0.143. The Hall–Kier alpha value is -2.54. The van der Waals surface area contributed by atoms with E-state index >= 15 is 0 Å². The van der Waals surface area contributed by atoms with Crippen LogP contribution in [0.4, 0.5) is 0 Å². The molecule has 2 aromatic carbocycles.